The van der Waals surface area contributed by atoms with Crippen molar-refractivity contribution in [3.63, 3.8) is 0 Å². The molecule has 0 saturated heterocycles. The molecule has 1 aliphatic carbocycles. The van der Waals surface area contributed by atoms with E-state index < -0.39 is 0 Å². The Kier molecular flexibility index (Phi) is 10.9. The van der Waals surface area contributed by atoms with Gasteiger partial charge in [-0.3, -0.25) is 0 Å². The lowest BCUT2D eigenvalue weighted by molar-refractivity contribution is 0.248. The van der Waals surface area contributed by atoms with Gasteiger partial charge in [0, 0.05) is 6.07 Å². The molecule has 0 aromatic heterocycles. The van der Waals surface area contributed by atoms with E-state index in [2.05, 4.69) is 13.8 Å². The lowest BCUT2D eigenvalue weighted by atomic mass is 9.77. The summed E-state index contributed by atoms with van der Waals surface area (Å²) in [5, 5.41) is 0. The molecule has 0 spiro atoms. The summed E-state index contributed by atoms with van der Waals surface area (Å²) in [6.45, 7) is 5.09. The van der Waals surface area contributed by atoms with Gasteiger partial charge in [-0.05, 0) is 42.7 Å². The second-order valence-electron chi connectivity index (χ2n) is 8.58. The van der Waals surface area contributed by atoms with Crippen LogP contribution in [-0.4, -0.2) is 6.61 Å². The lowest BCUT2D eigenvalue weighted by Crippen LogP contribution is -2.15. The predicted octanol–water partition coefficient (Wildman–Crippen LogP) is 8.10. The minimum Gasteiger partial charge on any atom is -0.493 e. The first-order valence-electron chi connectivity index (χ1n) is 11.6. The maximum absolute atomic E-state index is 14.3. The maximum atomic E-state index is 14.3. The van der Waals surface area contributed by atoms with E-state index in [1.807, 2.05) is 12.1 Å². The Hall–Kier alpha value is -1.05. The Morgan fingerprint density at radius 2 is 1.52 bits per heavy atom. The van der Waals surface area contributed by atoms with E-state index in [1.54, 1.807) is 6.07 Å². The Balaban J connectivity index is 1.63. The number of halogens is 1. The number of aryl methyl sites for hydroxylation is 1. The van der Waals surface area contributed by atoms with Gasteiger partial charge in [-0.2, -0.15) is 0 Å². The first-order chi connectivity index (χ1) is 13.2. The summed E-state index contributed by atoms with van der Waals surface area (Å²) in [5.74, 6) is 2.33. The molecular formula is C25H41FO. The van der Waals surface area contributed by atoms with Gasteiger partial charge in [0.1, 0.15) is 11.6 Å². The topological polar surface area (TPSA) is 9.23 Å². The van der Waals surface area contributed by atoms with Crippen molar-refractivity contribution in [2.75, 3.05) is 6.61 Å². The minimum absolute atomic E-state index is 0.0928. The molecular weight excluding hydrogens is 335 g/mol. The number of benzene rings is 1. The third kappa shape index (κ3) is 8.66. The van der Waals surface area contributed by atoms with E-state index in [-0.39, 0.29) is 5.82 Å². The lowest BCUT2D eigenvalue weighted by Gasteiger charge is -2.28. The van der Waals surface area contributed by atoms with Crippen LogP contribution in [0.1, 0.15) is 103 Å². The third-order valence-corrected chi connectivity index (χ3v) is 6.30. The van der Waals surface area contributed by atoms with Crippen molar-refractivity contribution in [2.45, 2.75) is 104 Å². The molecule has 1 aromatic carbocycles. The fraction of sp³-hybridized carbons (Fsp3) is 0.760. The van der Waals surface area contributed by atoms with Crippen molar-refractivity contribution in [3.05, 3.63) is 29.6 Å². The van der Waals surface area contributed by atoms with Crippen molar-refractivity contribution in [1.29, 1.82) is 0 Å². The van der Waals surface area contributed by atoms with Gasteiger partial charge in [0.25, 0.3) is 0 Å². The highest BCUT2D eigenvalue weighted by Crippen LogP contribution is 2.34. The summed E-state index contributed by atoms with van der Waals surface area (Å²) in [4.78, 5) is 0. The van der Waals surface area contributed by atoms with E-state index in [9.17, 15) is 4.39 Å². The molecule has 0 N–H and O–H groups in total. The fourth-order valence-corrected chi connectivity index (χ4v) is 4.36. The Morgan fingerprint density at radius 1 is 0.852 bits per heavy atom. The van der Waals surface area contributed by atoms with Crippen molar-refractivity contribution in [1.82, 2.24) is 0 Å². The molecule has 1 aliphatic rings. The second kappa shape index (κ2) is 13.2. The van der Waals surface area contributed by atoms with Gasteiger partial charge in [-0.1, -0.05) is 90.5 Å². The third-order valence-electron chi connectivity index (χ3n) is 6.30. The highest BCUT2D eigenvalue weighted by molar-refractivity contribution is 5.29. The SMILES string of the molecule is CCCCCCCC1CCC(CCc2ccc(OCCCC)cc2F)CC1. The predicted molar refractivity (Wildman–Crippen MR) is 114 cm³/mol. The Labute approximate surface area is 167 Å². The largest absolute Gasteiger partial charge is 0.493 e. The molecule has 0 unspecified atom stereocenters. The number of rotatable bonds is 13. The van der Waals surface area contributed by atoms with Gasteiger partial charge in [-0.15, -0.1) is 0 Å². The van der Waals surface area contributed by atoms with E-state index in [0.29, 0.717) is 12.4 Å². The normalized spacial score (nSPS) is 20.0. The summed E-state index contributed by atoms with van der Waals surface area (Å²) in [6.07, 6.45) is 18.0. The van der Waals surface area contributed by atoms with Crippen molar-refractivity contribution >= 4 is 0 Å². The molecule has 27 heavy (non-hydrogen) atoms. The number of hydrogen-bond acceptors (Lipinski definition) is 1. The molecule has 0 radical (unpaired) electrons. The van der Waals surface area contributed by atoms with Crippen LogP contribution in [0.2, 0.25) is 0 Å². The molecule has 0 atom stereocenters. The highest BCUT2D eigenvalue weighted by Gasteiger charge is 2.21. The molecule has 0 heterocycles. The molecule has 0 amide bonds. The van der Waals surface area contributed by atoms with Crippen LogP contribution in [0.25, 0.3) is 0 Å². The van der Waals surface area contributed by atoms with Gasteiger partial charge in [0.2, 0.25) is 0 Å². The van der Waals surface area contributed by atoms with Crippen LogP contribution in [0.15, 0.2) is 18.2 Å². The molecule has 0 aliphatic heterocycles. The highest BCUT2D eigenvalue weighted by atomic mass is 19.1. The van der Waals surface area contributed by atoms with Crippen LogP contribution < -0.4 is 4.74 Å². The summed E-state index contributed by atoms with van der Waals surface area (Å²) < 4.78 is 19.9. The zero-order chi connectivity index (χ0) is 19.3. The van der Waals surface area contributed by atoms with Crippen molar-refractivity contribution < 1.29 is 9.13 Å². The molecule has 1 nitrogen and oxygen atoms in total. The number of ether oxygens (including phenoxy) is 1. The minimum atomic E-state index is -0.0928. The Bertz CT molecular complexity index is 505. The Morgan fingerprint density at radius 3 is 2.19 bits per heavy atom. The standard InChI is InChI=1S/C25H41FO/c1-3-5-7-8-9-10-21-11-13-22(14-12-21)15-16-23-17-18-24(20-25(23)26)27-19-6-4-2/h17-18,20-22H,3-16,19H2,1-2H3. The average Bonchev–Trinajstić information content (AvgIpc) is 2.68. The summed E-state index contributed by atoms with van der Waals surface area (Å²) in [6, 6.07) is 5.43. The number of unbranched alkanes of at least 4 members (excludes halogenated alkanes) is 5. The summed E-state index contributed by atoms with van der Waals surface area (Å²) in [7, 11) is 0. The smallest absolute Gasteiger partial charge is 0.130 e. The number of hydrogen-bond donors (Lipinski definition) is 0. The van der Waals surface area contributed by atoms with Crippen LogP contribution in [0, 0.1) is 17.7 Å². The quantitative estimate of drug-likeness (QED) is 0.316. The fourth-order valence-electron chi connectivity index (χ4n) is 4.36. The van der Waals surface area contributed by atoms with E-state index in [1.165, 1.54) is 64.2 Å². The van der Waals surface area contributed by atoms with E-state index >= 15 is 0 Å². The van der Waals surface area contributed by atoms with Crippen molar-refractivity contribution in [2.24, 2.45) is 11.8 Å². The zero-order valence-corrected chi connectivity index (χ0v) is 17.8. The van der Waals surface area contributed by atoms with Crippen molar-refractivity contribution in [3.8, 4) is 5.75 Å². The van der Waals surface area contributed by atoms with E-state index in [0.717, 1.165) is 43.1 Å². The molecule has 1 aromatic rings. The molecule has 1 saturated carbocycles. The van der Waals surface area contributed by atoms with E-state index in [4.69, 9.17) is 4.74 Å². The van der Waals surface area contributed by atoms with Crippen LogP contribution in [0.5, 0.6) is 5.75 Å². The van der Waals surface area contributed by atoms with Gasteiger partial charge < -0.3 is 4.74 Å². The van der Waals surface area contributed by atoms with Crippen LogP contribution in [0.4, 0.5) is 4.39 Å². The molecule has 2 heteroatoms. The molecule has 0 bridgehead atoms. The average molecular weight is 377 g/mol. The van der Waals surface area contributed by atoms with Crippen LogP contribution in [0.3, 0.4) is 0 Å². The second-order valence-corrected chi connectivity index (χ2v) is 8.58. The first-order valence-corrected chi connectivity index (χ1v) is 11.6. The molecule has 2 rings (SSSR count). The van der Waals surface area contributed by atoms with Gasteiger partial charge >= 0.3 is 0 Å². The van der Waals surface area contributed by atoms with Gasteiger partial charge in [0.05, 0.1) is 6.61 Å². The maximum Gasteiger partial charge on any atom is 0.130 e. The van der Waals surface area contributed by atoms with Crippen LogP contribution in [-0.2, 0) is 6.42 Å². The monoisotopic (exact) mass is 376 g/mol. The van der Waals surface area contributed by atoms with Crippen LogP contribution >= 0.6 is 0 Å². The van der Waals surface area contributed by atoms with Gasteiger partial charge in [0.15, 0.2) is 0 Å². The summed E-state index contributed by atoms with van der Waals surface area (Å²) >= 11 is 0. The molecule has 1 fully saturated rings. The summed E-state index contributed by atoms with van der Waals surface area (Å²) in [5.41, 5.74) is 0.857. The first kappa shape index (κ1) is 22.2. The molecule has 154 valence electrons. The van der Waals surface area contributed by atoms with Gasteiger partial charge in [-0.25, -0.2) is 4.39 Å². The zero-order valence-electron chi connectivity index (χ0n) is 17.8.